The fourth-order valence-electron chi connectivity index (χ4n) is 2.72. The smallest absolute Gasteiger partial charge is 0.359 e. The summed E-state index contributed by atoms with van der Waals surface area (Å²) in [6.45, 7) is 0. The van der Waals surface area contributed by atoms with Gasteiger partial charge in [0.1, 0.15) is 5.56 Å². The molecule has 0 aliphatic rings. The number of hydrogen-bond acceptors (Lipinski definition) is 7. The highest BCUT2D eigenvalue weighted by Crippen LogP contribution is 2.31. The van der Waals surface area contributed by atoms with E-state index < -0.39 is 16.9 Å². The van der Waals surface area contributed by atoms with E-state index in [2.05, 4.69) is 5.10 Å². The third kappa shape index (κ3) is 3.32. The normalized spacial score (nSPS) is 10.4. The summed E-state index contributed by atoms with van der Waals surface area (Å²) in [6.07, 6.45) is 0. The number of rotatable bonds is 5. The van der Waals surface area contributed by atoms with Crippen LogP contribution in [-0.2, 0) is 9.47 Å². The molecule has 9 nitrogen and oxygen atoms in total. The average molecular weight is 381 g/mol. The minimum Gasteiger partial charge on any atom is -0.465 e. The molecule has 2 aromatic carbocycles. The van der Waals surface area contributed by atoms with E-state index in [0.29, 0.717) is 11.3 Å². The van der Waals surface area contributed by atoms with Crippen LogP contribution in [0.5, 0.6) is 0 Å². The van der Waals surface area contributed by atoms with Crippen LogP contribution in [0.2, 0.25) is 0 Å². The number of nitro benzene ring substituents is 1. The summed E-state index contributed by atoms with van der Waals surface area (Å²) in [4.78, 5) is 35.1. The molecule has 0 radical (unpaired) electrons. The summed E-state index contributed by atoms with van der Waals surface area (Å²) in [7, 11) is 2.36. The first kappa shape index (κ1) is 18.8. The first-order valence-electron chi connectivity index (χ1n) is 8.07. The molecule has 9 heteroatoms. The van der Waals surface area contributed by atoms with Gasteiger partial charge in [-0.05, 0) is 24.3 Å². The maximum absolute atomic E-state index is 12.5. The van der Waals surface area contributed by atoms with Crippen molar-refractivity contribution >= 4 is 17.6 Å². The molecule has 28 heavy (non-hydrogen) atoms. The van der Waals surface area contributed by atoms with Crippen molar-refractivity contribution in [3.63, 3.8) is 0 Å². The molecule has 0 spiro atoms. The Kier molecular flexibility index (Phi) is 5.16. The molecule has 0 saturated heterocycles. The van der Waals surface area contributed by atoms with Crippen molar-refractivity contribution in [1.29, 1.82) is 0 Å². The standard InChI is InChI=1S/C19H15N3O6/c1-27-18(23)15-16(19(24)28-2)20-21(13-6-4-3-5-7-13)17(15)12-8-10-14(11-9-12)22(25)26/h3-11H,1-2H3. The van der Waals surface area contributed by atoms with Gasteiger partial charge in [-0.25, -0.2) is 14.3 Å². The summed E-state index contributed by atoms with van der Waals surface area (Å²) < 4.78 is 11.0. The Balaban J connectivity index is 2.33. The molecule has 1 aromatic heterocycles. The zero-order valence-electron chi connectivity index (χ0n) is 15.0. The van der Waals surface area contributed by atoms with Crippen LogP contribution in [0.3, 0.4) is 0 Å². The highest BCUT2D eigenvalue weighted by molar-refractivity contribution is 6.06. The molecule has 0 atom stereocenters. The second-order valence-electron chi connectivity index (χ2n) is 5.61. The summed E-state index contributed by atoms with van der Waals surface area (Å²) in [6, 6.07) is 14.4. The number of carbonyl (C=O) groups excluding carboxylic acids is 2. The number of benzene rings is 2. The minimum atomic E-state index is -0.807. The Hall–Kier alpha value is -4.01. The maximum atomic E-state index is 12.5. The predicted octanol–water partition coefficient (Wildman–Crippen LogP) is 3.02. The molecule has 3 rings (SSSR count). The van der Waals surface area contributed by atoms with Crippen molar-refractivity contribution in [2.45, 2.75) is 0 Å². The van der Waals surface area contributed by atoms with Gasteiger partial charge >= 0.3 is 11.9 Å². The van der Waals surface area contributed by atoms with Crippen LogP contribution in [0, 0.1) is 10.1 Å². The van der Waals surface area contributed by atoms with E-state index in [4.69, 9.17) is 9.47 Å². The molecule has 142 valence electrons. The van der Waals surface area contributed by atoms with E-state index in [0.717, 1.165) is 0 Å². The van der Waals surface area contributed by atoms with Gasteiger partial charge in [0.25, 0.3) is 5.69 Å². The highest BCUT2D eigenvalue weighted by Gasteiger charge is 2.31. The van der Waals surface area contributed by atoms with Gasteiger partial charge in [0.15, 0.2) is 5.69 Å². The molecule has 0 aliphatic heterocycles. The zero-order chi connectivity index (χ0) is 20.3. The van der Waals surface area contributed by atoms with E-state index in [9.17, 15) is 19.7 Å². The van der Waals surface area contributed by atoms with Gasteiger partial charge in [-0.1, -0.05) is 18.2 Å². The number of para-hydroxylation sites is 1. The van der Waals surface area contributed by atoms with Gasteiger partial charge in [-0.3, -0.25) is 10.1 Å². The van der Waals surface area contributed by atoms with Crippen molar-refractivity contribution in [2.75, 3.05) is 14.2 Å². The first-order chi connectivity index (χ1) is 13.5. The maximum Gasteiger partial charge on any atom is 0.359 e. The summed E-state index contributed by atoms with van der Waals surface area (Å²) in [5.74, 6) is -1.59. The van der Waals surface area contributed by atoms with Gasteiger partial charge in [0, 0.05) is 17.7 Å². The van der Waals surface area contributed by atoms with Crippen LogP contribution in [0.4, 0.5) is 5.69 Å². The number of methoxy groups -OCH3 is 2. The average Bonchev–Trinajstić information content (AvgIpc) is 3.14. The fourth-order valence-corrected chi connectivity index (χ4v) is 2.72. The Morgan fingerprint density at radius 1 is 0.964 bits per heavy atom. The van der Waals surface area contributed by atoms with Gasteiger partial charge in [-0.2, -0.15) is 5.10 Å². The number of carbonyl (C=O) groups is 2. The lowest BCUT2D eigenvalue weighted by molar-refractivity contribution is -0.384. The minimum absolute atomic E-state index is 0.0907. The van der Waals surface area contributed by atoms with E-state index >= 15 is 0 Å². The summed E-state index contributed by atoms with van der Waals surface area (Å²) >= 11 is 0. The Morgan fingerprint density at radius 3 is 2.11 bits per heavy atom. The lowest BCUT2D eigenvalue weighted by Gasteiger charge is -2.09. The lowest BCUT2D eigenvalue weighted by atomic mass is 10.0. The summed E-state index contributed by atoms with van der Waals surface area (Å²) in [5, 5.41) is 15.2. The predicted molar refractivity (Wildman–Crippen MR) is 98.3 cm³/mol. The third-order valence-electron chi connectivity index (χ3n) is 4.01. The van der Waals surface area contributed by atoms with Crippen LogP contribution in [0.15, 0.2) is 54.6 Å². The van der Waals surface area contributed by atoms with Crippen LogP contribution in [0.1, 0.15) is 20.8 Å². The van der Waals surface area contributed by atoms with Gasteiger partial charge < -0.3 is 9.47 Å². The topological polar surface area (TPSA) is 114 Å². The molecule has 0 N–H and O–H groups in total. The van der Waals surface area contributed by atoms with Crippen LogP contribution in [-0.4, -0.2) is 40.9 Å². The second kappa shape index (κ2) is 7.70. The van der Waals surface area contributed by atoms with E-state index in [-0.39, 0.29) is 22.6 Å². The fraction of sp³-hybridized carbons (Fsp3) is 0.105. The van der Waals surface area contributed by atoms with Gasteiger partial charge in [0.2, 0.25) is 0 Å². The number of nitrogens with zero attached hydrogens (tertiary/aromatic N) is 3. The van der Waals surface area contributed by atoms with E-state index in [1.165, 1.54) is 43.2 Å². The van der Waals surface area contributed by atoms with Crippen LogP contribution in [0.25, 0.3) is 16.9 Å². The lowest BCUT2D eigenvalue weighted by Crippen LogP contribution is -2.11. The summed E-state index contributed by atoms with van der Waals surface area (Å²) in [5.41, 5.74) is 0.864. The van der Waals surface area contributed by atoms with E-state index in [1.807, 2.05) is 0 Å². The number of nitro groups is 1. The van der Waals surface area contributed by atoms with Gasteiger partial charge in [0.05, 0.1) is 30.5 Å². The molecule has 0 unspecified atom stereocenters. The largest absolute Gasteiger partial charge is 0.465 e. The van der Waals surface area contributed by atoms with Crippen LogP contribution >= 0.6 is 0 Å². The Labute approximate surface area is 159 Å². The molecule has 1 heterocycles. The van der Waals surface area contributed by atoms with Crippen molar-refractivity contribution in [3.05, 3.63) is 76.0 Å². The highest BCUT2D eigenvalue weighted by atomic mass is 16.6. The van der Waals surface area contributed by atoms with Crippen LogP contribution < -0.4 is 0 Å². The number of hydrogen-bond donors (Lipinski definition) is 0. The molecule has 0 aliphatic carbocycles. The van der Waals surface area contributed by atoms with Crippen molar-refractivity contribution in [1.82, 2.24) is 9.78 Å². The Morgan fingerprint density at radius 2 is 1.57 bits per heavy atom. The number of non-ortho nitro benzene ring substituents is 1. The van der Waals surface area contributed by atoms with Crippen molar-refractivity contribution < 1.29 is 24.0 Å². The molecule has 0 fully saturated rings. The van der Waals surface area contributed by atoms with E-state index in [1.54, 1.807) is 30.3 Å². The third-order valence-corrected chi connectivity index (χ3v) is 4.01. The molecule has 0 amide bonds. The van der Waals surface area contributed by atoms with Crippen molar-refractivity contribution in [3.8, 4) is 16.9 Å². The molecular formula is C19H15N3O6. The molecule has 0 saturated carbocycles. The number of esters is 2. The van der Waals surface area contributed by atoms with Gasteiger partial charge in [-0.15, -0.1) is 0 Å². The van der Waals surface area contributed by atoms with Crippen molar-refractivity contribution in [2.24, 2.45) is 0 Å². The number of ether oxygens (including phenoxy) is 2. The molecule has 0 bridgehead atoms. The SMILES string of the molecule is COC(=O)c1nn(-c2ccccc2)c(-c2ccc([N+](=O)[O-])cc2)c1C(=O)OC. The number of aromatic nitrogens is 2. The Bertz CT molecular complexity index is 1040. The first-order valence-corrected chi connectivity index (χ1v) is 8.07. The second-order valence-corrected chi connectivity index (χ2v) is 5.61. The quantitative estimate of drug-likeness (QED) is 0.379. The molecule has 3 aromatic rings. The monoisotopic (exact) mass is 381 g/mol. The molecular weight excluding hydrogens is 366 g/mol. The zero-order valence-corrected chi connectivity index (χ0v) is 15.0.